The Bertz CT molecular complexity index is 707. The number of esters is 1. The first-order chi connectivity index (χ1) is 11.3. The molecular weight excluding hydrogens is 321 g/mol. The third-order valence-corrected chi connectivity index (χ3v) is 3.41. The molecule has 0 aliphatic carbocycles. The first-order valence-corrected chi connectivity index (χ1v) is 7.27. The summed E-state index contributed by atoms with van der Waals surface area (Å²) in [5.41, 5.74) is -0.405. The number of halogens is 3. The average molecular weight is 336 g/mol. The molecule has 0 aliphatic rings. The number of hydrogen-bond donors (Lipinski definition) is 0. The summed E-state index contributed by atoms with van der Waals surface area (Å²) in [5, 5.41) is 0. The molecule has 126 valence electrons. The SMILES string of the molecule is CCOC(=O)[C@H](C(=O)c1ccc(C(F)(F)F)cc1)c1ccccc1. The number of alkyl halides is 3. The van der Waals surface area contributed by atoms with Crippen molar-refractivity contribution in [3.63, 3.8) is 0 Å². The number of carbonyl (C=O) groups excluding carboxylic acids is 2. The van der Waals surface area contributed by atoms with E-state index in [1.807, 2.05) is 0 Å². The van der Waals surface area contributed by atoms with E-state index < -0.39 is 29.4 Å². The lowest BCUT2D eigenvalue weighted by Crippen LogP contribution is -2.24. The summed E-state index contributed by atoms with van der Waals surface area (Å²) in [6.45, 7) is 1.71. The van der Waals surface area contributed by atoms with Crippen LogP contribution in [0.3, 0.4) is 0 Å². The van der Waals surface area contributed by atoms with Crippen LogP contribution in [-0.4, -0.2) is 18.4 Å². The highest BCUT2D eigenvalue weighted by Crippen LogP contribution is 2.30. The van der Waals surface area contributed by atoms with Gasteiger partial charge in [0, 0.05) is 5.56 Å². The molecule has 2 aromatic rings. The van der Waals surface area contributed by atoms with E-state index in [-0.39, 0.29) is 12.2 Å². The predicted molar refractivity (Wildman–Crippen MR) is 81.6 cm³/mol. The molecule has 0 radical (unpaired) electrons. The number of hydrogen-bond acceptors (Lipinski definition) is 3. The van der Waals surface area contributed by atoms with Crippen molar-refractivity contribution in [1.29, 1.82) is 0 Å². The standard InChI is InChI=1S/C18H15F3O3/c1-2-24-17(23)15(12-6-4-3-5-7-12)16(22)13-8-10-14(11-9-13)18(19,20)21/h3-11,15H,2H2,1H3/t15-/m0/s1. The maximum Gasteiger partial charge on any atom is 0.416 e. The van der Waals surface area contributed by atoms with Gasteiger partial charge in [-0.05, 0) is 24.6 Å². The van der Waals surface area contributed by atoms with Gasteiger partial charge in [0.05, 0.1) is 12.2 Å². The van der Waals surface area contributed by atoms with E-state index >= 15 is 0 Å². The van der Waals surface area contributed by atoms with Crippen LogP contribution in [-0.2, 0) is 15.7 Å². The van der Waals surface area contributed by atoms with E-state index in [9.17, 15) is 22.8 Å². The molecule has 0 aliphatic heterocycles. The summed E-state index contributed by atoms with van der Waals surface area (Å²) in [5.74, 6) is -2.54. The van der Waals surface area contributed by atoms with Crippen LogP contribution in [0.2, 0.25) is 0 Å². The van der Waals surface area contributed by atoms with Crippen molar-refractivity contribution in [2.45, 2.75) is 19.0 Å². The normalized spacial score (nSPS) is 12.5. The highest BCUT2D eigenvalue weighted by atomic mass is 19.4. The second-order valence-electron chi connectivity index (χ2n) is 5.04. The Morgan fingerprint density at radius 2 is 1.58 bits per heavy atom. The molecule has 0 fully saturated rings. The summed E-state index contributed by atoms with van der Waals surface area (Å²) < 4.78 is 42.8. The van der Waals surface area contributed by atoms with E-state index in [4.69, 9.17) is 4.74 Å². The predicted octanol–water partition coefficient (Wildman–Crippen LogP) is 4.24. The van der Waals surface area contributed by atoms with Gasteiger partial charge in [0.15, 0.2) is 5.78 Å². The second kappa shape index (κ2) is 7.29. The second-order valence-corrected chi connectivity index (χ2v) is 5.04. The topological polar surface area (TPSA) is 43.4 Å². The number of carbonyl (C=O) groups is 2. The van der Waals surface area contributed by atoms with Gasteiger partial charge in [-0.25, -0.2) is 0 Å². The third kappa shape index (κ3) is 4.01. The maximum absolute atomic E-state index is 12.6. The molecule has 0 heterocycles. The molecule has 0 unspecified atom stereocenters. The van der Waals surface area contributed by atoms with Crippen LogP contribution >= 0.6 is 0 Å². The fourth-order valence-corrected chi connectivity index (χ4v) is 2.26. The van der Waals surface area contributed by atoms with Crippen LogP contribution < -0.4 is 0 Å². The van der Waals surface area contributed by atoms with Crippen LogP contribution in [0, 0.1) is 0 Å². The van der Waals surface area contributed by atoms with Crippen molar-refractivity contribution in [2.24, 2.45) is 0 Å². The molecule has 1 atom stereocenters. The van der Waals surface area contributed by atoms with E-state index in [1.165, 1.54) is 0 Å². The molecule has 0 aromatic heterocycles. The lowest BCUT2D eigenvalue weighted by Gasteiger charge is -2.15. The minimum absolute atomic E-state index is 0.0184. The van der Waals surface area contributed by atoms with Crippen LogP contribution in [0.15, 0.2) is 54.6 Å². The Labute approximate surface area is 137 Å². The Morgan fingerprint density at radius 1 is 1.00 bits per heavy atom. The molecule has 0 bridgehead atoms. The molecule has 24 heavy (non-hydrogen) atoms. The van der Waals surface area contributed by atoms with E-state index in [0.717, 1.165) is 24.3 Å². The number of rotatable bonds is 5. The summed E-state index contributed by atoms with van der Waals surface area (Å²) in [7, 11) is 0. The molecule has 3 nitrogen and oxygen atoms in total. The molecule has 0 spiro atoms. The van der Waals surface area contributed by atoms with Crippen molar-refractivity contribution < 1.29 is 27.5 Å². The van der Waals surface area contributed by atoms with E-state index in [0.29, 0.717) is 5.56 Å². The summed E-state index contributed by atoms with van der Waals surface area (Å²) in [4.78, 5) is 24.8. The average Bonchev–Trinajstić information content (AvgIpc) is 2.55. The van der Waals surface area contributed by atoms with Crippen molar-refractivity contribution >= 4 is 11.8 Å². The van der Waals surface area contributed by atoms with E-state index in [2.05, 4.69) is 0 Å². The molecular formula is C18H15F3O3. The first-order valence-electron chi connectivity index (χ1n) is 7.27. The molecule has 0 saturated heterocycles. The number of Topliss-reactive ketones (excluding diaryl/α,β-unsaturated/α-hetero) is 1. The largest absolute Gasteiger partial charge is 0.465 e. The van der Waals surface area contributed by atoms with Gasteiger partial charge in [0.25, 0.3) is 0 Å². The zero-order chi connectivity index (χ0) is 17.7. The Hall–Kier alpha value is -2.63. The van der Waals surface area contributed by atoms with Gasteiger partial charge in [-0.1, -0.05) is 42.5 Å². The van der Waals surface area contributed by atoms with Crippen molar-refractivity contribution in [1.82, 2.24) is 0 Å². The van der Waals surface area contributed by atoms with Crippen molar-refractivity contribution in [2.75, 3.05) is 6.61 Å². The van der Waals surface area contributed by atoms with Gasteiger partial charge in [0.1, 0.15) is 5.92 Å². The molecule has 2 rings (SSSR count). The smallest absolute Gasteiger partial charge is 0.416 e. The number of ether oxygens (including phenoxy) is 1. The van der Waals surface area contributed by atoms with Gasteiger partial charge < -0.3 is 4.74 Å². The Morgan fingerprint density at radius 3 is 2.08 bits per heavy atom. The highest BCUT2D eigenvalue weighted by Gasteiger charge is 2.33. The zero-order valence-corrected chi connectivity index (χ0v) is 12.8. The van der Waals surface area contributed by atoms with Gasteiger partial charge in [0.2, 0.25) is 0 Å². The minimum Gasteiger partial charge on any atom is -0.465 e. The Balaban J connectivity index is 2.36. The first kappa shape index (κ1) is 17.7. The summed E-state index contributed by atoms with van der Waals surface area (Å²) in [6.07, 6.45) is -4.48. The van der Waals surface area contributed by atoms with Crippen molar-refractivity contribution in [3.05, 3.63) is 71.3 Å². The van der Waals surface area contributed by atoms with Crippen LogP contribution in [0.4, 0.5) is 13.2 Å². The van der Waals surface area contributed by atoms with Gasteiger partial charge >= 0.3 is 12.1 Å². The van der Waals surface area contributed by atoms with Crippen LogP contribution in [0.1, 0.15) is 34.3 Å². The fraction of sp³-hybridized carbons (Fsp3) is 0.222. The fourth-order valence-electron chi connectivity index (χ4n) is 2.26. The van der Waals surface area contributed by atoms with E-state index in [1.54, 1.807) is 37.3 Å². The van der Waals surface area contributed by atoms with Gasteiger partial charge in [-0.2, -0.15) is 13.2 Å². The summed E-state index contributed by atoms with van der Waals surface area (Å²) in [6, 6.07) is 12.0. The van der Waals surface area contributed by atoms with Crippen LogP contribution in [0.5, 0.6) is 0 Å². The molecule has 2 aromatic carbocycles. The molecule has 0 N–H and O–H groups in total. The molecule has 0 saturated carbocycles. The summed E-state index contributed by atoms with van der Waals surface area (Å²) >= 11 is 0. The Kier molecular flexibility index (Phi) is 5.39. The molecule has 0 amide bonds. The van der Waals surface area contributed by atoms with Crippen molar-refractivity contribution in [3.8, 4) is 0 Å². The molecule has 6 heteroatoms. The monoisotopic (exact) mass is 336 g/mol. The van der Waals surface area contributed by atoms with Gasteiger partial charge in [-0.15, -0.1) is 0 Å². The number of ketones is 1. The quantitative estimate of drug-likeness (QED) is 0.466. The maximum atomic E-state index is 12.6. The highest BCUT2D eigenvalue weighted by molar-refractivity contribution is 6.12. The lowest BCUT2D eigenvalue weighted by atomic mass is 9.90. The minimum atomic E-state index is -4.48. The van der Waals surface area contributed by atoms with Gasteiger partial charge in [-0.3, -0.25) is 9.59 Å². The van der Waals surface area contributed by atoms with Crippen LogP contribution in [0.25, 0.3) is 0 Å². The zero-order valence-electron chi connectivity index (χ0n) is 12.8. The lowest BCUT2D eigenvalue weighted by molar-refractivity contribution is -0.143. The third-order valence-electron chi connectivity index (χ3n) is 3.41. The number of benzene rings is 2.